The van der Waals surface area contributed by atoms with Crippen LogP contribution < -0.4 is 5.32 Å². The Hall–Kier alpha value is -0.505. The second kappa shape index (κ2) is 3.76. The van der Waals surface area contributed by atoms with E-state index < -0.39 is 0 Å². The molecule has 1 saturated heterocycles. The van der Waals surface area contributed by atoms with Crippen molar-refractivity contribution in [2.45, 2.75) is 12.8 Å². The Labute approximate surface area is 68.6 Å². The van der Waals surface area contributed by atoms with Crippen LogP contribution in [0.4, 0.5) is 0 Å². The summed E-state index contributed by atoms with van der Waals surface area (Å²) < 4.78 is 0. The number of carbonyl (C=O) groups excluding carboxylic acids is 1. The van der Waals surface area contributed by atoms with Gasteiger partial charge in [0, 0.05) is 13.0 Å². The molecule has 0 aromatic rings. The number of hydrogen-bond acceptors (Lipinski definition) is 2. The highest BCUT2D eigenvalue weighted by Crippen LogP contribution is 2.14. The van der Waals surface area contributed by atoms with Gasteiger partial charge in [-0.05, 0) is 25.9 Å². The molecular formula is C7H13BN2O. The maximum absolute atomic E-state index is 11.1. The van der Waals surface area contributed by atoms with E-state index in [1.54, 1.807) is 11.9 Å². The van der Waals surface area contributed by atoms with Gasteiger partial charge in [0.15, 0.2) is 7.98 Å². The first kappa shape index (κ1) is 8.59. The summed E-state index contributed by atoms with van der Waals surface area (Å²) in [7, 11) is 7.22. The lowest BCUT2D eigenvalue weighted by molar-refractivity contribution is -0.125. The molecule has 0 unspecified atom stereocenters. The minimum absolute atomic E-state index is 0.151. The first-order valence-electron chi connectivity index (χ1n) is 3.95. The predicted octanol–water partition coefficient (Wildman–Crippen LogP) is -0.472. The standard InChI is InChI=1S/C7H13BN2O/c1-9-7(11)6-2-4-10(8)5-3-6/h6H,2-5H2,1H3,(H,9,11). The lowest BCUT2D eigenvalue weighted by atomic mass is 9.94. The van der Waals surface area contributed by atoms with Gasteiger partial charge in [-0.3, -0.25) is 4.79 Å². The fourth-order valence-corrected chi connectivity index (χ4v) is 1.37. The number of nitrogens with one attached hydrogen (secondary N) is 1. The van der Waals surface area contributed by atoms with E-state index in [1.165, 1.54) is 0 Å². The first-order valence-corrected chi connectivity index (χ1v) is 3.95. The van der Waals surface area contributed by atoms with Crippen LogP contribution in [0.1, 0.15) is 12.8 Å². The van der Waals surface area contributed by atoms with Crippen molar-refractivity contribution in [2.24, 2.45) is 5.92 Å². The number of hydrogen-bond donors (Lipinski definition) is 1. The molecule has 1 N–H and O–H groups in total. The summed E-state index contributed by atoms with van der Waals surface area (Å²) in [6.45, 7) is 1.66. The summed E-state index contributed by atoms with van der Waals surface area (Å²) >= 11 is 0. The van der Waals surface area contributed by atoms with E-state index in [4.69, 9.17) is 7.98 Å². The molecule has 0 aromatic carbocycles. The molecule has 1 amide bonds. The Bertz CT molecular complexity index is 143. The first-order chi connectivity index (χ1) is 5.24. The highest BCUT2D eigenvalue weighted by molar-refractivity contribution is 6.04. The van der Waals surface area contributed by atoms with Gasteiger partial charge in [-0.15, -0.1) is 0 Å². The minimum Gasteiger partial charge on any atom is -0.359 e. The zero-order valence-corrected chi connectivity index (χ0v) is 6.84. The van der Waals surface area contributed by atoms with E-state index in [1.807, 2.05) is 0 Å². The van der Waals surface area contributed by atoms with E-state index >= 15 is 0 Å². The largest absolute Gasteiger partial charge is 0.359 e. The second-order valence-electron chi connectivity index (χ2n) is 2.92. The summed E-state index contributed by atoms with van der Waals surface area (Å²) in [6.07, 6.45) is 1.77. The van der Waals surface area contributed by atoms with Crippen LogP contribution in [0.25, 0.3) is 0 Å². The van der Waals surface area contributed by atoms with Crippen molar-refractivity contribution in [3.8, 4) is 0 Å². The third kappa shape index (κ3) is 2.22. The summed E-state index contributed by atoms with van der Waals surface area (Å²) in [5, 5.41) is 2.65. The molecule has 11 heavy (non-hydrogen) atoms. The predicted molar refractivity (Wildman–Crippen MR) is 44.1 cm³/mol. The Balaban J connectivity index is 2.33. The number of rotatable bonds is 1. The lowest BCUT2D eigenvalue weighted by Crippen LogP contribution is -2.38. The van der Waals surface area contributed by atoms with Crippen molar-refractivity contribution in [1.29, 1.82) is 0 Å². The van der Waals surface area contributed by atoms with Crippen LogP contribution in [-0.2, 0) is 4.79 Å². The molecule has 0 aliphatic carbocycles. The molecule has 0 aromatic heterocycles. The van der Waals surface area contributed by atoms with Crippen molar-refractivity contribution in [1.82, 2.24) is 10.1 Å². The van der Waals surface area contributed by atoms with E-state index in [-0.39, 0.29) is 11.8 Å². The topological polar surface area (TPSA) is 32.3 Å². The van der Waals surface area contributed by atoms with Crippen molar-refractivity contribution in [2.75, 3.05) is 20.1 Å². The van der Waals surface area contributed by atoms with Gasteiger partial charge in [-0.2, -0.15) is 0 Å². The molecular weight excluding hydrogens is 139 g/mol. The van der Waals surface area contributed by atoms with E-state index in [0.29, 0.717) is 0 Å². The third-order valence-electron chi connectivity index (χ3n) is 2.15. The lowest BCUT2D eigenvalue weighted by Gasteiger charge is -2.28. The maximum Gasteiger partial charge on any atom is 0.222 e. The summed E-state index contributed by atoms with van der Waals surface area (Å²) in [4.78, 5) is 12.9. The maximum atomic E-state index is 11.1. The van der Waals surface area contributed by atoms with Crippen LogP contribution in [-0.4, -0.2) is 38.8 Å². The molecule has 0 bridgehead atoms. The van der Waals surface area contributed by atoms with Gasteiger partial charge in [0.2, 0.25) is 5.91 Å². The third-order valence-corrected chi connectivity index (χ3v) is 2.15. The van der Waals surface area contributed by atoms with Gasteiger partial charge in [-0.1, -0.05) is 0 Å². The van der Waals surface area contributed by atoms with Crippen LogP contribution in [0.5, 0.6) is 0 Å². The molecule has 0 saturated carbocycles. The fourth-order valence-electron chi connectivity index (χ4n) is 1.37. The molecule has 4 heteroatoms. The minimum atomic E-state index is 0.151. The number of nitrogens with zero attached hydrogens (tertiary/aromatic N) is 1. The van der Waals surface area contributed by atoms with Gasteiger partial charge >= 0.3 is 0 Å². The van der Waals surface area contributed by atoms with Crippen LogP contribution in [0.2, 0.25) is 0 Å². The highest BCUT2D eigenvalue weighted by atomic mass is 16.1. The molecule has 1 aliphatic rings. The number of amides is 1. The van der Waals surface area contributed by atoms with Crippen molar-refractivity contribution < 1.29 is 4.79 Å². The number of carbonyl (C=O) groups is 1. The normalized spacial score (nSPS) is 21.5. The van der Waals surface area contributed by atoms with Crippen LogP contribution in [0, 0.1) is 5.92 Å². The summed E-state index contributed by atoms with van der Waals surface area (Å²) in [5.41, 5.74) is 0. The smallest absolute Gasteiger partial charge is 0.222 e. The second-order valence-corrected chi connectivity index (χ2v) is 2.92. The van der Waals surface area contributed by atoms with Gasteiger partial charge < -0.3 is 10.1 Å². The van der Waals surface area contributed by atoms with Crippen molar-refractivity contribution in [3.63, 3.8) is 0 Å². The van der Waals surface area contributed by atoms with Gasteiger partial charge in [-0.25, -0.2) is 0 Å². The van der Waals surface area contributed by atoms with Crippen molar-refractivity contribution >= 4 is 13.9 Å². The molecule has 1 rings (SSSR count). The number of piperidine rings is 1. The fraction of sp³-hybridized carbons (Fsp3) is 0.857. The SMILES string of the molecule is [B]N1CCC(C(=O)NC)CC1. The average molecular weight is 152 g/mol. The zero-order valence-electron chi connectivity index (χ0n) is 6.84. The summed E-state index contributed by atoms with van der Waals surface area (Å²) in [5.74, 6) is 0.331. The molecule has 60 valence electrons. The molecule has 1 fully saturated rings. The zero-order chi connectivity index (χ0) is 8.27. The van der Waals surface area contributed by atoms with Crippen LogP contribution in [0.3, 0.4) is 0 Å². The van der Waals surface area contributed by atoms with E-state index in [9.17, 15) is 4.79 Å². The Kier molecular flexibility index (Phi) is 2.94. The van der Waals surface area contributed by atoms with Gasteiger partial charge in [0.05, 0.1) is 0 Å². The van der Waals surface area contributed by atoms with Crippen molar-refractivity contribution in [3.05, 3.63) is 0 Å². The molecule has 0 spiro atoms. The van der Waals surface area contributed by atoms with Gasteiger partial charge in [0.1, 0.15) is 0 Å². The Morgan fingerprint density at radius 1 is 1.55 bits per heavy atom. The monoisotopic (exact) mass is 152 g/mol. The quantitative estimate of drug-likeness (QED) is 0.515. The van der Waals surface area contributed by atoms with E-state index in [2.05, 4.69) is 5.32 Å². The van der Waals surface area contributed by atoms with E-state index in [0.717, 1.165) is 25.9 Å². The summed E-state index contributed by atoms with van der Waals surface area (Å²) in [6, 6.07) is 0. The Morgan fingerprint density at radius 3 is 2.55 bits per heavy atom. The molecule has 1 heterocycles. The Morgan fingerprint density at radius 2 is 2.09 bits per heavy atom. The molecule has 0 atom stereocenters. The molecule has 1 aliphatic heterocycles. The van der Waals surface area contributed by atoms with Gasteiger partial charge in [0.25, 0.3) is 0 Å². The van der Waals surface area contributed by atoms with Crippen LogP contribution in [0.15, 0.2) is 0 Å². The molecule has 2 radical (unpaired) electrons. The highest BCUT2D eigenvalue weighted by Gasteiger charge is 2.21. The van der Waals surface area contributed by atoms with Crippen LogP contribution >= 0.6 is 0 Å². The molecule has 3 nitrogen and oxygen atoms in total. The average Bonchev–Trinajstić information content (AvgIpc) is 2.05.